The van der Waals surface area contributed by atoms with Crippen LogP contribution in [0.3, 0.4) is 0 Å². The standard InChI is InChI=1S/C5H13O5PS/c6-3-1-5(7)2-4-10-11(8,9)12/h5-7H,1-4H2,(H2,8,9,12). The first kappa shape index (κ1) is 12.4. The smallest absolute Gasteiger partial charge is 0.321 e. The summed E-state index contributed by atoms with van der Waals surface area (Å²) < 4.78 is 4.44. The van der Waals surface area contributed by atoms with Crippen molar-refractivity contribution >= 4 is 18.5 Å². The molecule has 0 saturated heterocycles. The lowest BCUT2D eigenvalue weighted by Crippen LogP contribution is -2.11. The van der Waals surface area contributed by atoms with Crippen LogP contribution in [0.15, 0.2) is 0 Å². The molecule has 0 aliphatic rings. The van der Waals surface area contributed by atoms with Gasteiger partial charge in [-0.25, -0.2) is 0 Å². The molecule has 0 aliphatic heterocycles. The Kier molecular flexibility index (Phi) is 6.21. The molecule has 0 bridgehead atoms. The summed E-state index contributed by atoms with van der Waals surface area (Å²) in [4.78, 5) is 17.2. The predicted molar refractivity (Wildman–Crippen MR) is 47.0 cm³/mol. The molecule has 74 valence electrons. The maximum atomic E-state index is 9.02. The minimum atomic E-state index is -3.58. The van der Waals surface area contributed by atoms with E-state index in [4.69, 9.17) is 20.0 Å². The van der Waals surface area contributed by atoms with Gasteiger partial charge in [-0.15, -0.1) is 0 Å². The van der Waals surface area contributed by atoms with Gasteiger partial charge in [0.05, 0.1) is 12.7 Å². The van der Waals surface area contributed by atoms with E-state index in [2.05, 4.69) is 16.3 Å². The fraction of sp³-hybridized carbons (Fsp3) is 1.00. The van der Waals surface area contributed by atoms with Crippen LogP contribution in [0.4, 0.5) is 0 Å². The van der Waals surface area contributed by atoms with Crippen molar-refractivity contribution in [2.75, 3.05) is 13.2 Å². The molecule has 0 spiro atoms. The van der Waals surface area contributed by atoms with Crippen molar-refractivity contribution in [2.45, 2.75) is 18.9 Å². The molecule has 0 heterocycles. The Morgan fingerprint density at radius 1 is 1.33 bits per heavy atom. The minimum Gasteiger partial charge on any atom is -0.396 e. The van der Waals surface area contributed by atoms with Crippen LogP contribution in [0.1, 0.15) is 12.8 Å². The summed E-state index contributed by atoms with van der Waals surface area (Å²) in [5.41, 5.74) is 0. The van der Waals surface area contributed by atoms with Crippen LogP contribution in [0.5, 0.6) is 0 Å². The van der Waals surface area contributed by atoms with Crippen LogP contribution < -0.4 is 0 Å². The van der Waals surface area contributed by atoms with Crippen LogP contribution in [0.25, 0.3) is 0 Å². The molecule has 0 aromatic rings. The molecule has 0 rings (SSSR count). The molecule has 12 heavy (non-hydrogen) atoms. The molecule has 0 aromatic heterocycles. The zero-order valence-corrected chi connectivity index (χ0v) is 8.17. The van der Waals surface area contributed by atoms with Gasteiger partial charge in [0.1, 0.15) is 0 Å². The van der Waals surface area contributed by atoms with E-state index in [0.29, 0.717) is 0 Å². The van der Waals surface area contributed by atoms with E-state index in [1.807, 2.05) is 0 Å². The van der Waals surface area contributed by atoms with Gasteiger partial charge in [-0.2, -0.15) is 0 Å². The first-order valence-electron chi connectivity index (χ1n) is 3.44. The quantitative estimate of drug-likeness (QED) is 0.441. The average molecular weight is 216 g/mol. The summed E-state index contributed by atoms with van der Waals surface area (Å²) in [5, 5.41) is 17.4. The van der Waals surface area contributed by atoms with Crippen molar-refractivity contribution < 1.29 is 24.5 Å². The van der Waals surface area contributed by atoms with E-state index in [1.54, 1.807) is 0 Å². The normalized spacial score (nSPS) is 14.7. The van der Waals surface area contributed by atoms with Gasteiger partial charge in [0.15, 0.2) is 0 Å². The minimum absolute atomic E-state index is 0.00849. The summed E-state index contributed by atoms with van der Waals surface area (Å²) >= 11 is 4.17. The van der Waals surface area contributed by atoms with Crippen molar-refractivity contribution in [3.05, 3.63) is 0 Å². The maximum Gasteiger partial charge on any atom is 0.321 e. The van der Waals surface area contributed by atoms with Gasteiger partial charge in [-0.05, 0) is 24.6 Å². The van der Waals surface area contributed by atoms with E-state index < -0.39 is 12.8 Å². The van der Waals surface area contributed by atoms with Gasteiger partial charge in [0.2, 0.25) is 0 Å². The Morgan fingerprint density at radius 2 is 1.92 bits per heavy atom. The highest BCUT2D eigenvalue weighted by Gasteiger charge is 2.09. The van der Waals surface area contributed by atoms with Gasteiger partial charge >= 0.3 is 6.72 Å². The Morgan fingerprint density at radius 3 is 2.33 bits per heavy atom. The fourth-order valence-corrected chi connectivity index (χ4v) is 1.17. The Bertz CT molecular complexity index is 158. The van der Waals surface area contributed by atoms with Gasteiger partial charge in [0, 0.05) is 6.61 Å². The van der Waals surface area contributed by atoms with Gasteiger partial charge in [0.25, 0.3) is 0 Å². The summed E-state index contributed by atoms with van der Waals surface area (Å²) in [6, 6.07) is 0. The molecule has 1 unspecified atom stereocenters. The van der Waals surface area contributed by atoms with E-state index in [9.17, 15) is 0 Å². The van der Waals surface area contributed by atoms with Crippen LogP contribution >= 0.6 is 6.72 Å². The van der Waals surface area contributed by atoms with Crippen LogP contribution in [0.2, 0.25) is 0 Å². The maximum absolute atomic E-state index is 9.02. The highest BCUT2D eigenvalue weighted by molar-refractivity contribution is 8.06. The molecule has 0 aliphatic carbocycles. The highest BCUT2D eigenvalue weighted by Crippen LogP contribution is 2.36. The zero-order chi connectivity index (χ0) is 9.61. The predicted octanol–water partition coefficient (Wildman–Crippen LogP) is -0.655. The van der Waals surface area contributed by atoms with Gasteiger partial charge in [-0.1, -0.05) is 0 Å². The Hall–Kier alpha value is 0.450. The summed E-state index contributed by atoms with van der Waals surface area (Å²) in [6.45, 7) is -3.69. The third-order valence-electron chi connectivity index (χ3n) is 1.17. The third-order valence-corrected chi connectivity index (χ3v) is 2.01. The lowest BCUT2D eigenvalue weighted by Gasteiger charge is -2.11. The molecule has 1 atom stereocenters. The number of hydrogen-bond donors (Lipinski definition) is 4. The monoisotopic (exact) mass is 216 g/mol. The van der Waals surface area contributed by atoms with Crippen LogP contribution in [-0.4, -0.2) is 39.3 Å². The summed E-state index contributed by atoms with van der Waals surface area (Å²) in [5.74, 6) is 0. The zero-order valence-electron chi connectivity index (χ0n) is 6.46. The van der Waals surface area contributed by atoms with E-state index in [1.165, 1.54) is 0 Å². The third kappa shape index (κ3) is 8.55. The molecule has 0 amide bonds. The summed E-state index contributed by atoms with van der Waals surface area (Å²) in [6.07, 6.45) is -0.195. The molecule has 7 heteroatoms. The number of rotatable bonds is 6. The molecule has 0 aromatic carbocycles. The van der Waals surface area contributed by atoms with Crippen molar-refractivity contribution in [3.63, 3.8) is 0 Å². The van der Waals surface area contributed by atoms with E-state index in [-0.39, 0.29) is 26.1 Å². The second-order valence-corrected chi connectivity index (χ2v) is 4.94. The topological polar surface area (TPSA) is 90.2 Å². The second kappa shape index (κ2) is 5.99. The first-order chi connectivity index (χ1) is 5.45. The SMILES string of the molecule is OCCC(O)CCOP(O)(O)=S. The number of aliphatic hydroxyl groups excluding tert-OH is 2. The van der Waals surface area contributed by atoms with Crippen LogP contribution in [-0.2, 0) is 16.3 Å². The number of aliphatic hydroxyl groups is 2. The lowest BCUT2D eigenvalue weighted by atomic mass is 10.2. The molecule has 0 saturated carbocycles. The summed E-state index contributed by atoms with van der Waals surface area (Å²) in [7, 11) is 0. The van der Waals surface area contributed by atoms with Crippen molar-refractivity contribution in [2.24, 2.45) is 0 Å². The number of hydrogen-bond acceptors (Lipinski definition) is 4. The highest BCUT2D eigenvalue weighted by atomic mass is 32.5. The van der Waals surface area contributed by atoms with Gasteiger partial charge in [-0.3, -0.25) is 0 Å². The molecule has 5 nitrogen and oxygen atoms in total. The molecule has 0 radical (unpaired) electrons. The largest absolute Gasteiger partial charge is 0.396 e. The van der Waals surface area contributed by atoms with Crippen molar-refractivity contribution in [1.29, 1.82) is 0 Å². The van der Waals surface area contributed by atoms with Crippen LogP contribution in [0, 0.1) is 0 Å². The molecular weight excluding hydrogens is 203 g/mol. The second-order valence-electron chi connectivity index (χ2n) is 2.28. The van der Waals surface area contributed by atoms with Crippen molar-refractivity contribution in [3.8, 4) is 0 Å². The van der Waals surface area contributed by atoms with Gasteiger partial charge < -0.3 is 24.5 Å². The van der Waals surface area contributed by atoms with E-state index in [0.717, 1.165) is 0 Å². The van der Waals surface area contributed by atoms with Crippen molar-refractivity contribution in [1.82, 2.24) is 0 Å². The lowest BCUT2D eigenvalue weighted by molar-refractivity contribution is 0.105. The first-order valence-corrected chi connectivity index (χ1v) is 6.07. The average Bonchev–Trinajstić information content (AvgIpc) is 1.84. The molecule has 0 fully saturated rings. The Labute approximate surface area is 75.9 Å². The Balaban J connectivity index is 3.37. The molecule has 4 N–H and O–H groups in total. The molecular formula is C5H13O5PS. The van der Waals surface area contributed by atoms with E-state index >= 15 is 0 Å². The fourth-order valence-electron chi connectivity index (χ4n) is 0.601.